The topological polar surface area (TPSA) is 9.86 Å². The first-order chi connectivity index (χ1) is 32.5. The fourth-order valence-corrected chi connectivity index (χ4v) is 13.6. The number of fused-ring (bicyclic) bond motifs is 13. The Labute approximate surface area is 385 Å². The van der Waals surface area contributed by atoms with Gasteiger partial charge in [-0.1, -0.05) is 185 Å². The molecule has 0 saturated carbocycles. The molecule has 3 aliphatic heterocycles. The maximum Gasteiger partial charge on any atom is 0.252 e. The number of hydrogen-bond acceptors (Lipinski definition) is 0. The van der Waals surface area contributed by atoms with E-state index in [4.69, 9.17) is 0 Å². The van der Waals surface area contributed by atoms with Crippen molar-refractivity contribution in [3.63, 3.8) is 0 Å². The molecule has 2 atom stereocenters. The first-order valence-electron chi connectivity index (χ1n) is 24.3. The van der Waals surface area contributed by atoms with Gasteiger partial charge in [-0.05, 0) is 126 Å². The van der Waals surface area contributed by atoms with E-state index in [1.54, 1.807) is 0 Å². The summed E-state index contributed by atoms with van der Waals surface area (Å²) in [7, 11) is 0. The molecule has 2 unspecified atom stereocenters. The smallest absolute Gasteiger partial charge is 0.252 e. The molecular formula is C63H47BN2. The Morgan fingerprint density at radius 2 is 1.08 bits per heavy atom. The second-order valence-electron chi connectivity index (χ2n) is 19.8. The minimum atomic E-state index is -0.516. The molecule has 0 bridgehead atoms. The summed E-state index contributed by atoms with van der Waals surface area (Å²) in [5, 5.41) is 6.73. The molecule has 2 nitrogen and oxygen atoms in total. The summed E-state index contributed by atoms with van der Waals surface area (Å²) in [6.45, 7) is 9.58. The van der Waals surface area contributed by atoms with Crippen LogP contribution in [0.4, 0.5) is 0 Å². The third-order valence-corrected chi connectivity index (χ3v) is 16.8. The Morgan fingerprint density at radius 1 is 0.485 bits per heavy atom. The average molecular weight is 843 g/mol. The molecule has 66 heavy (non-hydrogen) atoms. The Hall–Kier alpha value is -7.36. The highest BCUT2D eigenvalue weighted by molar-refractivity contribution is 7.00. The van der Waals surface area contributed by atoms with E-state index in [0.29, 0.717) is 11.8 Å². The van der Waals surface area contributed by atoms with Crippen LogP contribution in [0.15, 0.2) is 176 Å². The zero-order valence-electron chi connectivity index (χ0n) is 37.8. The highest BCUT2D eigenvalue weighted by Crippen LogP contribution is 2.62. The van der Waals surface area contributed by atoms with Crippen LogP contribution in [0.2, 0.25) is 0 Å². The lowest BCUT2D eigenvalue weighted by molar-refractivity contribution is 0.717. The van der Waals surface area contributed by atoms with E-state index in [-0.39, 0.29) is 6.71 Å². The van der Waals surface area contributed by atoms with Gasteiger partial charge in [-0.2, -0.15) is 0 Å². The molecule has 312 valence electrons. The standard InChI is InChI=1S/C63H47BN2/c1-5-36(3)41-31-46-47-32-42(37(4)6-2)35-52-60(47)66-59(46)51(33-41)63(48-27-17-15-25-44(48)45-26-16-18-28-49(45)63)50-29-30-54-57(61(50)66)64(52)53-34-40-23-13-14-24-43(40)56-55(38-19-9-7-10-20-38)58(65(54)62(53)56)39-21-11-8-12-22-39/h7-37H,5-6H2,1-4H3. The van der Waals surface area contributed by atoms with E-state index in [2.05, 4.69) is 213 Å². The Bertz CT molecular complexity index is 3900. The van der Waals surface area contributed by atoms with Crippen LogP contribution in [-0.2, 0) is 5.41 Å². The van der Waals surface area contributed by atoms with Gasteiger partial charge in [0.05, 0.1) is 22.1 Å². The van der Waals surface area contributed by atoms with Crippen molar-refractivity contribution in [1.29, 1.82) is 0 Å². The zero-order valence-corrected chi connectivity index (χ0v) is 37.8. The van der Waals surface area contributed by atoms with Crippen molar-refractivity contribution in [3.8, 4) is 44.9 Å². The number of nitrogens with zero attached hydrogens (tertiary/aromatic N) is 2. The summed E-state index contributed by atoms with van der Waals surface area (Å²) in [5.74, 6) is 0.827. The Morgan fingerprint density at radius 3 is 1.77 bits per heavy atom. The molecule has 1 aliphatic carbocycles. The quantitative estimate of drug-likeness (QED) is 0.148. The van der Waals surface area contributed by atoms with Gasteiger partial charge in [-0.25, -0.2) is 0 Å². The molecule has 0 N–H and O–H groups in total. The first kappa shape index (κ1) is 36.9. The van der Waals surface area contributed by atoms with E-state index in [1.807, 2.05) is 0 Å². The van der Waals surface area contributed by atoms with Crippen LogP contribution in [0.3, 0.4) is 0 Å². The van der Waals surface area contributed by atoms with E-state index in [9.17, 15) is 0 Å². The molecule has 5 heterocycles. The molecule has 0 saturated heterocycles. The monoisotopic (exact) mass is 842 g/mol. The Kier molecular flexibility index (Phi) is 7.23. The fraction of sp³-hybridized carbons (Fsp3) is 0.143. The summed E-state index contributed by atoms with van der Waals surface area (Å²) < 4.78 is 5.48. The second-order valence-corrected chi connectivity index (χ2v) is 19.8. The van der Waals surface area contributed by atoms with Crippen molar-refractivity contribution >= 4 is 66.6 Å². The van der Waals surface area contributed by atoms with Gasteiger partial charge >= 0.3 is 0 Å². The fourth-order valence-electron chi connectivity index (χ4n) is 13.6. The molecule has 0 amide bonds. The molecule has 9 aromatic carbocycles. The van der Waals surface area contributed by atoms with Gasteiger partial charge in [0.2, 0.25) is 0 Å². The number of hydrogen-bond donors (Lipinski definition) is 0. The SMILES string of the molecule is CCC(C)c1cc2c3c(c1)c1cc(C(C)CC)cc4c1n3-c1c(ccc3c1B2c1cc2ccccc2c2c(-c5ccccc5)c(-c5ccccc5)n-3c12)C41c2ccccc2-c2ccccc21. The van der Waals surface area contributed by atoms with E-state index in [1.165, 1.54) is 138 Å². The van der Waals surface area contributed by atoms with Crippen LogP contribution < -0.4 is 16.4 Å². The first-order valence-corrected chi connectivity index (χ1v) is 24.3. The van der Waals surface area contributed by atoms with Gasteiger partial charge in [0.15, 0.2) is 0 Å². The maximum absolute atomic E-state index is 2.78. The maximum atomic E-state index is 2.78. The van der Waals surface area contributed by atoms with Crippen LogP contribution in [0, 0.1) is 0 Å². The summed E-state index contributed by atoms with van der Waals surface area (Å²) >= 11 is 0. The van der Waals surface area contributed by atoms with Crippen LogP contribution >= 0.6 is 0 Å². The van der Waals surface area contributed by atoms with Gasteiger partial charge < -0.3 is 9.13 Å². The van der Waals surface area contributed by atoms with E-state index >= 15 is 0 Å². The minimum absolute atomic E-state index is 0.0135. The molecular weight excluding hydrogens is 796 g/mol. The molecule has 4 aliphatic rings. The van der Waals surface area contributed by atoms with Crippen LogP contribution in [0.5, 0.6) is 0 Å². The molecule has 15 rings (SSSR count). The van der Waals surface area contributed by atoms with Crippen LogP contribution in [-0.4, -0.2) is 15.8 Å². The van der Waals surface area contributed by atoms with Crippen molar-refractivity contribution in [2.75, 3.05) is 0 Å². The van der Waals surface area contributed by atoms with Crippen LogP contribution in [0.25, 0.3) is 88.4 Å². The van der Waals surface area contributed by atoms with E-state index in [0.717, 1.165) is 12.8 Å². The molecule has 11 aromatic rings. The largest absolute Gasteiger partial charge is 0.310 e. The summed E-state index contributed by atoms with van der Waals surface area (Å²) in [6.07, 6.45) is 2.18. The molecule has 1 spiro atoms. The van der Waals surface area contributed by atoms with Crippen molar-refractivity contribution in [2.45, 2.75) is 57.8 Å². The van der Waals surface area contributed by atoms with Gasteiger partial charge in [0.1, 0.15) is 0 Å². The van der Waals surface area contributed by atoms with Crippen molar-refractivity contribution < 1.29 is 0 Å². The lowest BCUT2D eigenvalue weighted by atomic mass is 9.33. The Balaban J connectivity index is 1.22. The normalized spacial score (nSPS) is 15.1. The van der Waals surface area contributed by atoms with Crippen LogP contribution in [0.1, 0.15) is 85.8 Å². The second kappa shape index (κ2) is 12.9. The van der Waals surface area contributed by atoms with Gasteiger partial charge in [0, 0.05) is 38.6 Å². The minimum Gasteiger partial charge on any atom is -0.310 e. The van der Waals surface area contributed by atoms with Crippen molar-refractivity contribution in [1.82, 2.24) is 9.13 Å². The predicted octanol–water partition coefficient (Wildman–Crippen LogP) is 14.1. The summed E-state index contributed by atoms with van der Waals surface area (Å²) in [5.41, 5.74) is 26.7. The summed E-state index contributed by atoms with van der Waals surface area (Å²) in [6, 6.07) is 68.4. The number of benzene rings is 9. The predicted molar refractivity (Wildman–Crippen MR) is 279 cm³/mol. The molecule has 3 heteroatoms. The average Bonchev–Trinajstić information content (AvgIpc) is 4.01. The molecule has 2 aromatic heterocycles. The van der Waals surface area contributed by atoms with Gasteiger partial charge in [-0.3, -0.25) is 0 Å². The third kappa shape index (κ3) is 4.27. The van der Waals surface area contributed by atoms with Crippen molar-refractivity contribution in [3.05, 3.63) is 209 Å². The molecule has 0 radical (unpaired) electrons. The van der Waals surface area contributed by atoms with Gasteiger partial charge in [-0.15, -0.1) is 0 Å². The highest BCUT2D eigenvalue weighted by atomic mass is 15.1. The third-order valence-electron chi connectivity index (χ3n) is 16.8. The lowest BCUT2D eigenvalue weighted by Crippen LogP contribution is -2.60. The number of aromatic nitrogens is 2. The zero-order chi connectivity index (χ0) is 43.7. The van der Waals surface area contributed by atoms with E-state index < -0.39 is 5.41 Å². The van der Waals surface area contributed by atoms with Crippen molar-refractivity contribution in [2.24, 2.45) is 0 Å². The summed E-state index contributed by atoms with van der Waals surface area (Å²) in [4.78, 5) is 0. The molecule has 0 fully saturated rings. The highest BCUT2D eigenvalue weighted by Gasteiger charge is 2.54. The lowest BCUT2D eigenvalue weighted by Gasteiger charge is -2.44. The van der Waals surface area contributed by atoms with Gasteiger partial charge in [0.25, 0.3) is 6.71 Å². The number of rotatable bonds is 6.